The van der Waals surface area contributed by atoms with Crippen LogP contribution in [0.3, 0.4) is 0 Å². The van der Waals surface area contributed by atoms with E-state index in [2.05, 4.69) is 9.82 Å². The van der Waals surface area contributed by atoms with Crippen LogP contribution in [-0.2, 0) is 16.6 Å². The quantitative estimate of drug-likeness (QED) is 0.888. The largest absolute Gasteiger partial charge is 0.268 e. The minimum absolute atomic E-state index is 0.00929. The molecule has 0 amide bonds. The normalized spacial score (nSPS) is 11.4. The highest BCUT2D eigenvalue weighted by Gasteiger charge is 2.16. The van der Waals surface area contributed by atoms with Gasteiger partial charge in [-0.15, -0.1) is 0 Å². The van der Waals surface area contributed by atoms with Crippen molar-refractivity contribution in [1.82, 2.24) is 14.5 Å². The monoisotopic (exact) mass is 313 g/mol. The highest BCUT2D eigenvalue weighted by Crippen LogP contribution is 2.19. The van der Waals surface area contributed by atoms with Gasteiger partial charge in [0, 0.05) is 18.8 Å². The molecule has 6 nitrogen and oxygen atoms in total. The summed E-state index contributed by atoms with van der Waals surface area (Å²) in [6.07, 6.45) is 1.46. The number of halogens is 1. The number of hydrogen-bond acceptors (Lipinski definition) is 4. The van der Waals surface area contributed by atoms with E-state index in [4.69, 9.17) is 11.6 Å². The number of aromatic nitrogens is 2. The topological polar surface area (TPSA) is 81.1 Å². The third-order valence-electron chi connectivity index (χ3n) is 2.53. The van der Waals surface area contributed by atoms with Gasteiger partial charge < -0.3 is 0 Å². The number of hydrogen-bond donors (Lipinski definition) is 1. The zero-order chi connectivity index (χ0) is 14.6. The van der Waals surface area contributed by atoms with Gasteiger partial charge in [-0.3, -0.25) is 4.79 Å². The first kappa shape index (κ1) is 14.7. The third kappa shape index (κ3) is 3.44. The van der Waals surface area contributed by atoms with Crippen molar-refractivity contribution in [2.24, 2.45) is 0 Å². The maximum atomic E-state index is 12.0. The molecule has 0 saturated heterocycles. The van der Waals surface area contributed by atoms with Crippen LogP contribution in [0.1, 0.15) is 0 Å². The van der Waals surface area contributed by atoms with Gasteiger partial charge in [0.25, 0.3) is 5.56 Å². The first-order valence-corrected chi connectivity index (χ1v) is 7.63. The van der Waals surface area contributed by atoms with Crippen LogP contribution in [0.2, 0.25) is 5.02 Å². The molecule has 2 rings (SSSR count). The van der Waals surface area contributed by atoms with Crippen LogP contribution in [-0.4, -0.2) is 24.7 Å². The van der Waals surface area contributed by atoms with Crippen LogP contribution in [0.15, 0.2) is 52.3 Å². The van der Waals surface area contributed by atoms with E-state index in [9.17, 15) is 13.2 Å². The molecule has 8 heteroatoms. The van der Waals surface area contributed by atoms with Crippen molar-refractivity contribution in [1.29, 1.82) is 0 Å². The Morgan fingerprint density at radius 1 is 1.20 bits per heavy atom. The standard InChI is InChI=1S/C12H12ClN3O3S/c13-10-4-1-2-5-11(10)20(18,19)15-8-9-16-12(17)6-3-7-14-16/h1-7,15H,8-9H2. The number of sulfonamides is 1. The van der Waals surface area contributed by atoms with E-state index in [1.807, 2.05) is 0 Å². The van der Waals surface area contributed by atoms with Crippen molar-refractivity contribution < 1.29 is 8.42 Å². The molecule has 2 aromatic rings. The minimum Gasteiger partial charge on any atom is -0.268 e. The van der Waals surface area contributed by atoms with Crippen LogP contribution in [0.25, 0.3) is 0 Å². The van der Waals surface area contributed by atoms with Gasteiger partial charge in [-0.25, -0.2) is 17.8 Å². The molecule has 106 valence electrons. The third-order valence-corrected chi connectivity index (χ3v) is 4.49. The van der Waals surface area contributed by atoms with Crippen molar-refractivity contribution in [3.63, 3.8) is 0 Å². The lowest BCUT2D eigenvalue weighted by molar-refractivity contribution is 0.547. The minimum atomic E-state index is -3.70. The second-order valence-corrected chi connectivity index (χ2v) is 6.06. The molecule has 20 heavy (non-hydrogen) atoms. The van der Waals surface area contributed by atoms with E-state index in [1.165, 1.54) is 35.1 Å². The molecular formula is C12H12ClN3O3S. The Labute approximate surface area is 121 Å². The Kier molecular flexibility index (Phi) is 4.53. The maximum absolute atomic E-state index is 12.0. The van der Waals surface area contributed by atoms with Crippen LogP contribution in [0.5, 0.6) is 0 Å². The Bertz CT molecular complexity index is 758. The lowest BCUT2D eigenvalue weighted by Crippen LogP contribution is -2.31. The molecule has 0 fully saturated rings. The lowest BCUT2D eigenvalue weighted by Gasteiger charge is -2.08. The van der Waals surface area contributed by atoms with Crippen molar-refractivity contribution in [3.8, 4) is 0 Å². The van der Waals surface area contributed by atoms with E-state index in [1.54, 1.807) is 12.1 Å². The fraction of sp³-hybridized carbons (Fsp3) is 0.167. The Morgan fingerprint density at radius 3 is 2.65 bits per heavy atom. The summed E-state index contributed by atoms with van der Waals surface area (Å²) in [5.41, 5.74) is -0.288. The Morgan fingerprint density at radius 2 is 1.95 bits per heavy atom. The van der Waals surface area contributed by atoms with Crippen molar-refractivity contribution in [2.45, 2.75) is 11.4 Å². The van der Waals surface area contributed by atoms with Gasteiger partial charge in [-0.2, -0.15) is 5.10 Å². The molecule has 1 N–H and O–H groups in total. The molecule has 1 aromatic carbocycles. The van der Waals surface area contributed by atoms with Crippen LogP contribution in [0, 0.1) is 0 Å². The van der Waals surface area contributed by atoms with Gasteiger partial charge in [0.05, 0.1) is 11.6 Å². The average molecular weight is 314 g/mol. The number of nitrogens with zero attached hydrogens (tertiary/aromatic N) is 2. The van der Waals surface area contributed by atoms with Gasteiger partial charge in [0.15, 0.2) is 0 Å². The van der Waals surface area contributed by atoms with E-state index in [-0.39, 0.29) is 28.6 Å². The molecule has 0 spiro atoms. The Balaban J connectivity index is 2.06. The van der Waals surface area contributed by atoms with E-state index in [0.717, 1.165) is 0 Å². The highest BCUT2D eigenvalue weighted by molar-refractivity contribution is 7.89. The predicted octanol–water partition coefficient (Wildman–Crippen LogP) is 0.875. The second-order valence-electron chi connectivity index (χ2n) is 3.91. The van der Waals surface area contributed by atoms with Crippen molar-refractivity contribution in [2.75, 3.05) is 6.54 Å². The van der Waals surface area contributed by atoms with Crippen molar-refractivity contribution in [3.05, 3.63) is 58.0 Å². The van der Waals surface area contributed by atoms with Crippen molar-refractivity contribution >= 4 is 21.6 Å². The number of nitrogens with one attached hydrogen (secondary N) is 1. The summed E-state index contributed by atoms with van der Waals surface area (Å²) in [7, 11) is -3.70. The molecule has 0 aliphatic heterocycles. The summed E-state index contributed by atoms with van der Waals surface area (Å²) in [6.45, 7) is 0.188. The summed E-state index contributed by atoms with van der Waals surface area (Å²) in [5.74, 6) is 0. The Hall–Kier alpha value is -1.70. The van der Waals surface area contributed by atoms with Gasteiger partial charge in [-0.1, -0.05) is 23.7 Å². The highest BCUT2D eigenvalue weighted by atomic mass is 35.5. The first-order chi connectivity index (χ1) is 9.50. The fourth-order valence-electron chi connectivity index (χ4n) is 1.58. The smallest absolute Gasteiger partial charge is 0.266 e. The molecule has 0 aliphatic rings. The lowest BCUT2D eigenvalue weighted by atomic mass is 10.4. The summed E-state index contributed by atoms with van der Waals surface area (Å²) >= 11 is 5.84. The molecule has 0 unspecified atom stereocenters. The zero-order valence-electron chi connectivity index (χ0n) is 10.4. The van der Waals surface area contributed by atoms with Crippen LogP contribution in [0.4, 0.5) is 0 Å². The van der Waals surface area contributed by atoms with Gasteiger partial charge >= 0.3 is 0 Å². The molecule has 1 aromatic heterocycles. The van der Waals surface area contributed by atoms with Crippen LogP contribution < -0.4 is 10.3 Å². The van der Waals surface area contributed by atoms with Gasteiger partial charge in [0.1, 0.15) is 4.90 Å². The van der Waals surface area contributed by atoms with E-state index >= 15 is 0 Å². The maximum Gasteiger partial charge on any atom is 0.266 e. The SMILES string of the molecule is O=c1cccnn1CCNS(=O)(=O)c1ccccc1Cl. The fourth-order valence-corrected chi connectivity index (χ4v) is 3.12. The summed E-state index contributed by atoms with van der Waals surface area (Å²) in [4.78, 5) is 11.4. The molecule has 0 bridgehead atoms. The zero-order valence-corrected chi connectivity index (χ0v) is 11.9. The van der Waals surface area contributed by atoms with E-state index in [0.29, 0.717) is 0 Å². The summed E-state index contributed by atoms with van der Waals surface area (Å²) in [6, 6.07) is 9.03. The molecule has 1 heterocycles. The number of rotatable bonds is 5. The molecule has 0 radical (unpaired) electrons. The first-order valence-electron chi connectivity index (χ1n) is 5.77. The van der Waals surface area contributed by atoms with Gasteiger partial charge in [0.2, 0.25) is 10.0 Å². The second kappa shape index (κ2) is 6.17. The molecular weight excluding hydrogens is 302 g/mol. The summed E-state index contributed by atoms with van der Waals surface area (Å²) in [5, 5.41) is 3.98. The average Bonchev–Trinajstić information content (AvgIpc) is 2.41. The predicted molar refractivity (Wildman–Crippen MR) is 75.1 cm³/mol. The van der Waals surface area contributed by atoms with Crippen LogP contribution >= 0.6 is 11.6 Å². The van der Waals surface area contributed by atoms with Gasteiger partial charge in [-0.05, 0) is 18.2 Å². The molecule has 0 atom stereocenters. The molecule has 0 aliphatic carbocycles. The van der Waals surface area contributed by atoms with E-state index < -0.39 is 10.0 Å². The molecule has 0 saturated carbocycles. The summed E-state index contributed by atoms with van der Waals surface area (Å²) < 4.78 is 27.6. The number of benzene rings is 1.